The molecule has 1 aliphatic heterocycles. The summed E-state index contributed by atoms with van der Waals surface area (Å²) in [4.78, 5) is 72.1. The van der Waals surface area contributed by atoms with Gasteiger partial charge in [-0.25, -0.2) is 13.8 Å². The predicted octanol–water partition coefficient (Wildman–Crippen LogP) is 3.63. The molecule has 5 aromatic rings. The number of nitrogens with one attached hydrogen (secondary N) is 4. The zero-order chi connectivity index (χ0) is 34.3. The van der Waals surface area contributed by atoms with Crippen LogP contribution in [0, 0.1) is 11.6 Å². The van der Waals surface area contributed by atoms with Crippen LogP contribution in [-0.2, 0) is 33.6 Å². The Kier molecular flexibility index (Phi) is 8.13. The van der Waals surface area contributed by atoms with Crippen LogP contribution in [0.15, 0.2) is 54.7 Å². The maximum atomic E-state index is 15.2. The van der Waals surface area contributed by atoms with E-state index in [1.807, 2.05) is 5.32 Å². The molecule has 0 radical (unpaired) electrons. The van der Waals surface area contributed by atoms with Gasteiger partial charge in [0.25, 0.3) is 11.8 Å². The molecule has 4 N–H and O–H groups in total. The Hall–Kier alpha value is -6.11. The summed E-state index contributed by atoms with van der Waals surface area (Å²) in [6, 6.07) is 9.59. The van der Waals surface area contributed by atoms with Gasteiger partial charge in [0.15, 0.2) is 5.82 Å². The van der Waals surface area contributed by atoms with Crippen LogP contribution in [0.5, 0.6) is 0 Å². The molecule has 3 aromatic heterocycles. The molecule has 0 fully saturated rings. The number of halogens is 5. The number of imide groups is 1. The number of hydrogen-bond acceptors (Lipinski definition) is 9. The van der Waals surface area contributed by atoms with Crippen LogP contribution in [0.25, 0.3) is 21.3 Å². The van der Waals surface area contributed by atoms with Gasteiger partial charge in [-0.1, -0.05) is 24.3 Å². The number of carbonyl (C=O) groups is 5. The second kappa shape index (κ2) is 12.2. The SMILES string of the molecule is O=C1Cn2c(C(=O)NCc3ccc(C(F)(F)F)nc3)nc(NC(=O)c3nsc4ccccc34)c2-c2cc(F)cc(F)c2NC(=O)C(=O)N1. The largest absolute Gasteiger partial charge is 0.433 e. The number of aromatic nitrogens is 4. The van der Waals surface area contributed by atoms with Crippen molar-refractivity contribution in [1.29, 1.82) is 0 Å². The van der Waals surface area contributed by atoms with Crippen LogP contribution in [0.4, 0.5) is 33.5 Å². The summed E-state index contributed by atoms with van der Waals surface area (Å²) in [5.41, 5.74) is -2.79. The second-order valence-electron chi connectivity index (χ2n) is 10.1. The van der Waals surface area contributed by atoms with Gasteiger partial charge in [-0.3, -0.25) is 34.3 Å². The van der Waals surface area contributed by atoms with Crippen molar-refractivity contribution < 1.29 is 45.9 Å². The summed E-state index contributed by atoms with van der Waals surface area (Å²) in [5.74, 6) is -9.72. The van der Waals surface area contributed by atoms with Gasteiger partial charge in [0.1, 0.15) is 29.6 Å². The quantitative estimate of drug-likeness (QED) is 0.123. The average Bonchev–Trinajstić information content (AvgIpc) is 3.62. The summed E-state index contributed by atoms with van der Waals surface area (Å²) in [6.45, 7) is -1.32. The minimum Gasteiger partial charge on any atom is -0.345 e. The molecule has 0 saturated heterocycles. The summed E-state index contributed by atoms with van der Waals surface area (Å²) >= 11 is 1.00. The van der Waals surface area contributed by atoms with Crippen LogP contribution in [-0.4, -0.2) is 48.4 Å². The molecule has 1 aliphatic rings. The van der Waals surface area contributed by atoms with Gasteiger partial charge in [-0.15, -0.1) is 0 Å². The standard InChI is InChI=1S/C29H17F5N8O5S/c30-13-7-15-20(16(31)8-13)38-28(47)27(46)37-19(43)11-42-22(15)23(40-25(44)21-14-3-1-2-4-17(14)48-41-21)39-24(42)26(45)36-10-12-5-6-18(35-9-12)29(32,33)34/h1-9H,10-11H2,(H,36,45)(H,38,47)(H,40,44)(H,37,43,46). The Morgan fingerprint density at radius 1 is 0.979 bits per heavy atom. The molecule has 2 aromatic carbocycles. The van der Waals surface area contributed by atoms with Crippen LogP contribution < -0.4 is 21.3 Å². The number of fused-ring (bicyclic) bond motifs is 4. The molecule has 0 aliphatic carbocycles. The minimum atomic E-state index is -4.70. The fraction of sp³-hybridized carbons (Fsp3) is 0.103. The van der Waals surface area contributed by atoms with Gasteiger partial charge in [0, 0.05) is 29.8 Å². The normalized spacial score (nSPS) is 13.3. The topological polar surface area (TPSA) is 177 Å². The summed E-state index contributed by atoms with van der Waals surface area (Å²) in [7, 11) is 0. The summed E-state index contributed by atoms with van der Waals surface area (Å²) < 4.78 is 74.3. The van der Waals surface area contributed by atoms with Crippen molar-refractivity contribution in [1.82, 2.24) is 29.5 Å². The minimum absolute atomic E-state index is 0.0692. The molecule has 5 amide bonds. The summed E-state index contributed by atoms with van der Waals surface area (Å²) in [5, 5.41) is 9.04. The maximum Gasteiger partial charge on any atom is 0.433 e. The number of amides is 5. The molecule has 0 unspecified atom stereocenters. The second-order valence-corrected chi connectivity index (χ2v) is 10.9. The fourth-order valence-electron chi connectivity index (χ4n) is 4.74. The van der Waals surface area contributed by atoms with E-state index in [1.165, 1.54) is 0 Å². The van der Waals surface area contributed by atoms with Crippen molar-refractivity contribution in [2.75, 3.05) is 10.6 Å². The number of nitrogens with zero attached hydrogens (tertiary/aromatic N) is 4. The van der Waals surface area contributed by atoms with Crippen LogP contribution in [0.1, 0.15) is 32.4 Å². The fourth-order valence-corrected chi connectivity index (χ4v) is 5.51. The molecule has 13 nitrogen and oxygen atoms in total. The van der Waals surface area contributed by atoms with Gasteiger partial charge in [-0.05, 0) is 35.3 Å². The molecule has 0 atom stereocenters. The van der Waals surface area contributed by atoms with E-state index in [0.717, 1.165) is 34.4 Å². The van der Waals surface area contributed by atoms with Crippen LogP contribution in [0.3, 0.4) is 0 Å². The zero-order valence-electron chi connectivity index (χ0n) is 23.7. The molecule has 244 valence electrons. The molecule has 19 heteroatoms. The Morgan fingerprint density at radius 2 is 1.73 bits per heavy atom. The van der Waals surface area contributed by atoms with E-state index in [-0.39, 0.29) is 17.8 Å². The first kappa shape index (κ1) is 31.9. The third-order valence-corrected chi connectivity index (χ3v) is 7.70. The third-order valence-electron chi connectivity index (χ3n) is 6.87. The average molecular weight is 685 g/mol. The monoisotopic (exact) mass is 684 g/mol. The van der Waals surface area contributed by atoms with Crippen molar-refractivity contribution in [2.24, 2.45) is 0 Å². The Bertz CT molecular complexity index is 2160. The van der Waals surface area contributed by atoms with Gasteiger partial charge < -0.3 is 20.5 Å². The molecule has 0 saturated carbocycles. The lowest BCUT2D eigenvalue weighted by atomic mass is 10.1. The van der Waals surface area contributed by atoms with E-state index < -0.39 is 88.2 Å². The number of benzene rings is 2. The number of rotatable bonds is 5. The Labute approximate surface area is 268 Å². The highest BCUT2D eigenvalue weighted by atomic mass is 32.1. The van der Waals surface area contributed by atoms with E-state index in [4.69, 9.17) is 0 Å². The first-order valence-electron chi connectivity index (χ1n) is 13.5. The lowest BCUT2D eigenvalue weighted by molar-refractivity contribution is -0.141. The van der Waals surface area contributed by atoms with Gasteiger partial charge in [0.05, 0.1) is 16.1 Å². The molecule has 0 bridgehead atoms. The highest BCUT2D eigenvalue weighted by Gasteiger charge is 2.33. The Balaban J connectivity index is 1.47. The van der Waals surface area contributed by atoms with Crippen molar-refractivity contribution >= 4 is 62.7 Å². The lowest BCUT2D eigenvalue weighted by Gasteiger charge is -2.18. The van der Waals surface area contributed by atoms with Crippen molar-refractivity contribution in [2.45, 2.75) is 19.3 Å². The number of hydrogen-bond donors (Lipinski definition) is 4. The lowest BCUT2D eigenvalue weighted by Crippen LogP contribution is -2.42. The zero-order valence-corrected chi connectivity index (χ0v) is 24.6. The molecule has 48 heavy (non-hydrogen) atoms. The van der Waals surface area contributed by atoms with Gasteiger partial charge in [0.2, 0.25) is 11.7 Å². The van der Waals surface area contributed by atoms with E-state index in [1.54, 1.807) is 29.6 Å². The highest BCUT2D eigenvalue weighted by Crippen LogP contribution is 2.38. The van der Waals surface area contributed by atoms with Gasteiger partial charge >= 0.3 is 18.0 Å². The maximum absolute atomic E-state index is 15.2. The highest BCUT2D eigenvalue weighted by molar-refractivity contribution is 7.13. The number of alkyl halides is 3. The van der Waals surface area contributed by atoms with Crippen molar-refractivity contribution in [3.63, 3.8) is 0 Å². The first-order chi connectivity index (χ1) is 22.8. The molecule has 6 rings (SSSR count). The third kappa shape index (κ3) is 6.17. The summed E-state index contributed by atoms with van der Waals surface area (Å²) in [6.07, 6.45) is -3.83. The smallest absolute Gasteiger partial charge is 0.345 e. The number of pyridine rings is 1. The molecule has 0 spiro atoms. The van der Waals surface area contributed by atoms with Crippen molar-refractivity contribution in [3.8, 4) is 11.3 Å². The van der Waals surface area contributed by atoms with E-state index >= 15 is 4.39 Å². The van der Waals surface area contributed by atoms with E-state index in [9.17, 15) is 41.5 Å². The molecular formula is C29H17F5N8O5S. The first-order valence-corrected chi connectivity index (χ1v) is 14.3. The number of carbonyl (C=O) groups excluding carboxylic acids is 5. The van der Waals surface area contributed by atoms with E-state index in [2.05, 4.69) is 25.0 Å². The number of anilines is 2. The van der Waals surface area contributed by atoms with Crippen molar-refractivity contribution in [3.05, 3.63) is 89.1 Å². The number of imidazole rings is 1. The van der Waals surface area contributed by atoms with Crippen LogP contribution in [0.2, 0.25) is 0 Å². The molecular weight excluding hydrogens is 667 g/mol. The van der Waals surface area contributed by atoms with Gasteiger partial charge in [-0.2, -0.15) is 17.5 Å². The van der Waals surface area contributed by atoms with Crippen LogP contribution >= 0.6 is 11.5 Å². The predicted molar refractivity (Wildman–Crippen MR) is 157 cm³/mol. The molecule has 4 heterocycles. The Morgan fingerprint density at radius 3 is 2.46 bits per heavy atom. The van der Waals surface area contributed by atoms with E-state index in [0.29, 0.717) is 22.2 Å².